The van der Waals surface area contributed by atoms with Gasteiger partial charge in [-0.1, -0.05) is 46.7 Å². The predicted octanol–water partition coefficient (Wildman–Crippen LogP) is 6.90. The molecular weight excluding hydrogens is 480 g/mol. The summed E-state index contributed by atoms with van der Waals surface area (Å²) in [5.41, 5.74) is 1.41. The monoisotopic (exact) mass is 501 g/mol. The molecule has 11 heteroatoms. The number of methoxy groups -OCH3 is 1. The van der Waals surface area contributed by atoms with Crippen molar-refractivity contribution in [3.05, 3.63) is 58.1 Å². The van der Waals surface area contributed by atoms with Crippen LogP contribution in [0.5, 0.6) is 5.75 Å². The van der Waals surface area contributed by atoms with Crippen LogP contribution in [0.3, 0.4) is 0 Å². The van der Waals surface area contributed by atoms with E-state index in [1.54, 1.807) is 63.4 Å². The van der Waals surface area contributed by atoms with E-state index in [0.29, 0.717) is 37.1 Å². The Bertz CT molecular complexity index is 1050. The molecule has 2 aromatic carbocycles. The minimum atomic E-state index is -3.58. The van der Waals surface area contributed by atoms with Gasteiger partial charge in [-0.3, -0.25) is 4.57 Å². The van der Waals surface area contributed by atoms with Gasteiger partial charge < -0.3 is 19.1 Å². The maximum atomic E-state index is 13.6. The number of anilines is 1. The number of ether oxygens (including phenoxy) is 1. The molecule has 7 nitrogen and oxygen atoms in total. The predicted molar refractivity (Wildman–Crippen MR) is 126 cm³/mol. The maximum absolute atomic E-state index is 13.6. The van der Waals surface area contributed by atoms with Crippen molar-refractivity contribution < 1.29 is 18.3 Å². The third kappa shape index (κ3) is 5.77. The average Bonchev–Trinajstić information content (AvgIpc) is 3.21. The van der Waals surface area contributed by atoms with Crippen LogP contribution in [-0.2, 0) is 13.6 Å². The number of nitrogens with one attached hydrogen (secondary N) is 1. The molecule has 0 amide bonds. The molecule has 0 saturated heterocycles. The summed E-state index contributed by atoms with van der Waals surface area (Å²) in [5, 5.41) is 13.6. The zero-order chi connectivity index (χ0) is 22.4. The molecule has 31 heavy (non-hydrogen) atoms. The molecule has 3 rings (SSSR count). The van der Waals surface area contributed by atoms with E-state index < -0.39 is 13.4 Å². The highest BCUT2D eigenvalue weighted by molar-refractivity contribution is 7.54. The molecule has 0 fully saturated rings. The lowest BCUT2D eigenvalue weighted by Gasteiger charge is -2.27. The fraction of sp³-hybridized carbons (Fsp3) is 0.300. The molecule has 0 radical (unpaired) electrons. The minimum absolute atomic E-state index is 0.230. The fourth-order valence-electron chi connectivity index (χ4n) is 2.85. The van der Waals surface area contributed by atoms with Crippen molar-refractivity contribution in [2.24, 2.45) is 0 Å². The molecule has 1 atom stereocenters. The first-order chi connectivity index (χ1) is 14.9. The smallest absolute Gasteiger partial charge is 0.357 e. The number of halogens is 2. The van der Waals surface area contributed by atoms with Gasteiger partial charge in [-0.05, 0) is 49.7 Å². The van der Waals surface area contributed by atoms with Gasteiger partial charge in [0.05, 0.1) is 25.3 Å². The van der Waals surface area contributed by atoms with E-state index in [0.717, 1.165) is 0 Å². The number of nitrogens with zero attached hydrogens (tertiary/aromatic N) is 2. The van der Waals surface area contributed by atoms with Crippen LogP contribution in [0.4, 0.5) is 5.13 Å². The van der Waals surface area contributed by atoms with Crippen LogP contribution >= 0.6 is 42.1 Å². The summed E-state index contributed by atoms with van der Waals surface area (Å²) in [6.45, 7) is 3.99. The highest BCUT2D eigenvalue weighted by Crippen LogP contribution is 2.61. The molecule has 1 aromatic heterocycles. The van der Waals surface area contributed by atoms with Crippen molar-refractivity contribution in [1.82, 2.24) is 10.2 Å². The van der Waals surface area contributed by atoms with E-state index in [4.69, 9.17) is 37.0 Å². The van der Waals surface area contributed by atoms with E-state index in [-0.39, 0.29) is 13.2 Å². The summed E-state index contributed by atoms with van der Waals surface area (Å²) >= 11 is 13.5. The molecule has 1 heterocycles. The van der Waals surface area contributed by atoms with Gasteiger partial charge in [0.25, 0.3) is 0 Å². The summed E-state index contributed by atoms with van der Waals surface area (Å²) in [7, 11) is -1.99. The Hall–Kier alpha value is -1.67. The maximum Gasteiger partial charge on any atom is 0.357 e. The number of aromatic nitrogens is 2. The van der Waals surface area contributed by atoms with Crippen LogP contribution in [0, 0.1) is 0 Å². The minimum Gasteiger partial charge on any atom is -0.497 e. The summed E-state index contributed by atoms with van der Waals surface area (Å²) in [5.74, 6) is -0.111. The average molecular weight is 502 g/mol. The lowest BCUT2D eigenvalue weighted by Crippen LogP contribution is -2.15. The molecular formula is C20H22Cl2N3O4PS. The van der Waals surface area contributed by atoms with Gasteiger partial charge in [-0.25, -0.2) is 0 Å². The Balaban J connectivity index is 1.96. The molecule has 0 aliphatic carbocycles. The summed E-state index contributed by atoms with van der Waals surface area (Å²) in [6.07, 6.45) is 0. The van der Waals surface area contributed by atoms with Gasteiger partial charge in [0.15, 0.2) is 10.8 Å². The Morgan fingerprint density at radius 2 is 1.74 bits per heavy atom. The molecule has 0 spiro atoms. The van der Waals surface area contributed by atoms with Gasteiger partial charge in [-0.2, -0.15) is 0 Å². The molecule has 3 aromatic rings. The van der Waals surface area contributed by atoms with Crippen molar-refractivity contribution in [3.63, 3.8) is 0 Å². The largest absolute Gasteiger partial charge is 0.497 e. The van der Waals surface area contributed by atoms with Crippen LogP contribution in [-0.4, -0.2) is 30.5 Å². The normalized spacial score (nSPS) is 12.5. The quantitative estimate of drug-likeness (QED) is 0.302. The SMILES string of the molecule is CCOP(=O)(OCC)[C@@H](Nc1nnc(-c2ccc(Cl)cc2Cl)s1)c1ccc(OC)cc1. The fourth-order valence-corrected chi connectivity index (χ4v) is 6.21. The Kier molecular flexibility index (Phi) is 8.33. The highest BCUT2D eigenvalue weighted by atomic mass is 35.5. The molecule has 0 aliphatic rings. The summed E-state index contributed by atoms with van der Waals surface area (Å²) in [4.78, 5) is 0. The lowest BCUT2D eigenvalue weighted by molar-refractivity contribution is 0.214. The van der Waals surface area contributed by atoms with E-state index in [1.807, 2.05) is 0 Å². The van der Waals surface area contributed by atoms with Gasteiger partial charge in [0, 0.05) is 10.6 Å². The summed E-state index contributed by atoms with van der Waals surface area (Å²) < 4.78 is 30.0. The second-order valence-electron chi connectivity index (χ2n) is 6.23. The van der Waals surface area contributed by atoms with Gasteiger partial charge in [0.2, 0.25) is 5.13 Å². The first kappa shape index (κ1) is 24.0. The first-order valence-corrected chi connectivity index (χ1v) is 12.7. The Labute approximate surface area is 195 Å². The van der Waals surface area contributed by atoms with Crippen LogP contribution in [0.15, 0.2) is 42.5 Å². The topological polar surface area (TPSA) is 82.6 Å². The number of hydrogen-bond acceptors (Lipinski definition) is 8. The second kappa shape index (κ2) is 10.8. The van der Waals surface area contributed by atoms with Crippen LogP contribution in [0.2, 0.25) is 10.0 Å². The Morgan fingerprint density at radius 1 is 1.06 bits per heavy atom. The highest BCUT2D eigenvalue weighted by Gasteiger charge is 2.38. The van der Waals surface area contributed by atoms with Gasteiger partial charge in [0.1, 0.15) is 5.75 Å². The van der Waals surface area contributed by atoms with Gasteiger partial charge in [-0.15, -0.1) is 10.2 Å². The zero-order valence-corrected chi connectivity index (χ0v) is 20.4. The van der Waals surface area contributed by atoms with Crippen LogP contribution < -0.4 is 10.1 Å². The number of hydrogen-bond donors (Lipinski definition) is 1. The molecule has 0 bridgehead atoms. The van der Waals surface area contributed by atoms with Crippen molar-refractivity contribution in [2.45, 2.75) is 19.6 Å². The van der Waals surface area contributed by atoms with E-state index in [2.05, 4.69) is 15.5 Å². The van der Waals surface area contributed by atoms with Gasteiger partial charge >= 0.3 is 7.60 Å². The molecule has 0 saturated carbocycles. The summed E-state index contributed by atoms with van der Waals surface area (Å²) in [6, 6.07) is 12.3. The molecule has 1 N–H and O–H groups in total. The molecule has 166 valence electrons. The van der Waals surface area contributed by atoms with Crippen molar-refractivity contribution in [1.29, 1.82) is 0 Å². The Morgan fingerprint density at radius 3 is 2.32 bits per heavy atom. The second-order valence-corrected chi connectivity index (χ2v) is 10.2. The number of benzene rings is 2. The first-order valence-electron chi connectivity index (χ1n) is 9.48. The van der Waals surface area contributed by atoms with Crippen molar-refractivity contribution in [3.8, 4) is 16.3 Å². The third-order valence-corrected chi connectivity index (χ3v) is 7.94. The zero-order valence-electron chi connectivity index (χ0n) is 17.2. The van der Waals surface area contributed by atoms with E-state index in [9.17, 15) is 4.57 Å². The molecule has 0 aliphatic heterocycles. The van der Waals surface area contributed by atoms with Crippen LogP contribution in [0.25, 0.3) is 10.6 Å². The van der Waals surface area contributed by atoms with Crippen molar-refractivity contribution >= 4 is 47.3 Å². The molecule has 0 unspecified atom stereocenters. The lowest BCUT2D eigenvalue weighted by atomic mass is 10.2. The third-order valence-electron chi connectivity index (χ3n) is 4.21. The van der Waals surface area contributed by atoms with E-state index in [1.165, 1.54) is 11.3 Å². The van der Waals surface area contributed by atoms with Crippen molar-refractivity contribution in [2.75, 3.05) is 25.6 Å². The number of rotatable bonds is 10. The van der Waals surface area contributed by atoms with Crippen LogP contribution in [0.1, 0.15) is 25.2 Å². The standard InChI is InChI=1S/C20H22Cl2N3O4PS/c1-4-28-30(26,29-5-2)18(13-6-9-15(27-3)10-7-13)23-20-25-24-19(31-20)16-11-8-14(21)12-17(16)22/h6-12,18H,4-5H2,1-3H3,(H,23,25)/t18-/m1/s1. The van der Waals surface area contributed by atoms with E-state index >= 15 is 0 Å².